The van der Waals surface area contributed by atoms with E-state index in [-0.39, 0.29) is 11.7 Å². The minimum absolute atomic E-state index is 0.0353. The highest BCUT2D eigenvalue weighted by Crippen LogP contribution is 2.29. The van der Waals surface area contributed by atoms with Crippen molar-refractivity contribution in [3.63, 3.8) is 0 Å². The number of anilines is 1. The maximum absolute atomic E-state index is 13.1. The molecule has 1 N–H and O–H groups in total. The molecule has 9 heteroatoms. The standard InChI is InChI=1S/C25H25N5O3S/c1-3-6-22(31)27-20-11-9-18(10-12-20)23(32)17(2)34-25-29-28-24(19-7-4-13-26-15-19)30(25)16-21-8-5-14-33-21/h4-5,7-15,17H,3,6,16H2,1-2H3,(H,27,31). The number of rotatable bonds is 10. The molecule has 3 aromatic heterocycles. The molecule has 4 rings (SSSR count). The summed E-state index contributed by atoms with van der Waals surface area (Å²) in [7, 11) is 0. The fourth-order valence-corrected chi connectivity index (χ4v) is 4.33. The van der Waals surface area contributed by atoms with Gasteiger partial charge in [0.1, 0.15) is 5.76 Å². The van der Waals surface area contributed by atoms with Crippen molar-refractivity contribution in [2.24, 2.45) is 0 Å². The van der Waals surface area contributed by atoms with Crippen LogP contribution in [0.4, 0.5) is 5.69 Å². The van der Waals surface area contributed by atoms with Crippen LogP contribution in [0.15, 0.2) is 76.8 Å². The molecule has 0 spiro atoms. The zero-order valence-electron chi connectivity index (χ0n) is 19.0. The summed E-state index contributed by atoms with van der Waals surface area (Å²) in [6, 6.07) is 14.4. The van der Waals surface area contributed by atoms with Crippen LogP contribution < -0.4 is 5.32 Å². The maximum Gasteiger partial charge on any atom is 0.224 e. The summed E-state index contributed by atoms with van der Waals surface area (Å²) in [4.78, 5) is 29.1. The summed E-state index contributed by atoms with van der Waals surface area (Å²) in [5.41, 5.74) is 2.07. The summed E-state index contributed by atoms with van der Waals surface area (Å²) in [6.07, 6.45) is 6.30. The SMILES string of the molecule is CCCC(=O)Nc1ccc(C(=O)C(C)Sc2nnc(-c3cccnc3)n2Cc2ccco2)cc1. The zero-order chi connectivity index (χ0) is 23.9. The lowest BCUT2D eigenvalue weighted by Crippen LogP contribution is -2.15. The molecular formula is C25H25N5O3S. The van der Waals surface area contributed by atoms with E-state index in [1.807, 2.05) is 42.7 Å². The number of carbonyl (C=O) groups is 2. The summed E-state index contributed by atoms with van der Waals surface area (Å²) in [5.74, 6) is 1.34. The van der Waals surface area contributed by atoms with Crippen molar-refractivity contribution in [1.29, 1.82) is 0 Å². The lowest BCUT2D eigenvalue weighted by atomic mass is 10.1. The first-order valence-electron chi connectivity index (χ1n) is 11.0. The second kappa shape index (κ2) is 10.9. The molecular weight excluding hydrogens is 450 g/mol. The van der Waals surface area contributed by atoms with Crippen LogP contribution in [-0.2, 0) is 11.3 Å². The number of nitrogens with zero attached hydrogens (tertiary/aromatic N) is 4. The van der Waals surface area contributed by atoms with Gasteiger partial charge in [0.15, 0.2) is 16.8 Å². The van der Waals surface area contributed by atoms with E-state index in [4.69, 9.17) is 4.42 Å². The molecule has 1 unspecified atom stereocenters. The predicted octanol–water partition coefficient (Wildman–Crippen LogP) is 5.08. The van der Waals surface area contributed by atoms with Gasteiger partial charge in [0, 0.05) is 35.6 Å². The Morgan fingerprint density at radius 1 is 1.12 bits per heavy atom. The minimum atomic E-state index is -0.401. The molecule has 0 saturated heterocycles. The quantitative estimate of drug-likeness (QED) is 0.252. The van der Waals surface area contributed by atoms with Crippen molar-refractivity contribution >= 4 is 29.1 Å². The van der Waals surface area contributed by atoms with E-state index < -0.39 is 5.25 Å². The Bertz CT molecular complexity index is 1240. The molecule has 0 saturated carbocycles. The van der Waals surface area contributed by atoms with Gasteiger partial charge in [0.05, 0.1) is 18.1 Å². The van der Waals surface area contributed by atoms with Crippen LogP contribution in [0.3, 0.4) is 0 Å². The molecule has 1 atom stereocenters. The Hall–Kier alpha value is -3.72. The van der Waals surface area contributed by atoms with Crippen LogP contribution in [0.5, 0.6) is 0 Å². The Kier molecular flexibility index (Phi) is 7.54. The molecule has 0 aliphatic heterocycles. The van der Waals surface area contributed by atoms with E-state index in [0.717, 1.165) is 17.7 Å². The van der Waals surface area contributed by atoms with Crippen LogP contribution in [-0.4, -0.2) is 36.7 Å². The molecule has 0 fully saturated rings. The zero-order valence-corrected chi connectivity index (χ0v) is 19.8. The number of benzene rings is 1. The average molecular weight is 476 g/mol. The summed E-state index contributed by atoms with van der Waals surface area (Å²) >= 11 is 1.34. The van der Waals surface area contributed by atoms with Crippen molar-refractivity contribution in [2.45, 2.75) is 43.6 Å². The molecule has 0 aliphatic rings. The third kappa shape index (κ3) is 5.60. The maximum atomic E-state index is 13.1. The van der Waals surface area contributed by atoms with E-state index in [1.165, 1.54) is 11.8 Å². The molecule has 8 nitrogen and oxygen atoms in total. The number of pyridine rings is 1. The molecule has 3 heterocycles. The Balaban J connectivity index is 1.52. The van der Waals surface area contributed by atoms with Crippen molar-refractivity contribution in [3.8, 4) is 11.4 Å². The number of nitrogens with one attached hydrogen (secondary N) is 1. The van der Waals surface area contributed by atoms with Gasteiger partial charge in [-0.05, 0) is 61.9 Å². The Labute approximate surface area is 201 Å². The van der Waals surface area contributed by atoms with E-state index in [1.54, 1.807) is 42.9 Å². The third-order valence-corrected chi connectivity index (χ3v) is 6.19. The first kappa shape index (κ1) is 23.4. The Morgan fingerprint density at radius 3 is 2.62 bits per heavy atom. The van der Waals surface area contributed by atoms with E-state index >= 15 is 0 Å². The lowest BCUT2D eigenvalue weighted by Gasteiger charge is -2.13. The largest absolute Gasteiger partial charge is 0.467 e. The first-order valence-corrected chi connectivity index (χ1v) is 11.9. The smallest absolute Gasteiger partial charge is 0.224 e. The molecule has 0 aliphatic carbocycles. The van der Waals surface area contributed by atoms with Gasteiger partial charge in [-0.3, -0.25) is 19.1 Å². The highest BCUT2D eigenvalue weighted by Gasteiger charge is 2.22. The number of hydrogen-bond acceptors (Lipinski definition) is 7. The summed E-state index contributed by atoms with van der Waals surface area (Å²) < 4.78 is 7.46. The fraction of sp³-hybridized carbons (Fsp3) is 0.240. The number of furan rings is 1. The van der Waals surface area contributed by atoms with E-state index in [0.29, 0.717) is 35.2 Å². The van der Waals surface area contributed by atoms with Crippen LogP contribution in [0.2, 0.25) is 0 Å². The average Bonchev–Trinajstić information content (AvgIpc) is 3.50. The van der Waals surface area contributed by atoms with Gasteiger partial charge in [-0.15, -0.1) is 10.2 Å². The number of hydrogen-bond donors (Lipinski definition) is 1. The Morgan fingerprint density at radius 2 is 1.94 bits per heavy atom. The van der Waals surface area contributed by atoms with Gasteiger partial charge in [0.2, 0.25) is 5.91 Å². The topological polar surface area (TPSA) is 103 Å². The number of amides is 1. The predicted molar refractivity (Wildman–Crippen MR) is 131 cm³/mol. The van der Waals surface area contributed by atoms with Gasteiger partial charge in [-0.2, -0.15) is 0 Å². The summed E-state index contributed by atoms with van der Waals surface area (Å²) in [6.45, 7) is 4.23. The molecule has 0 radical (unpaired) electrons. The minimum Gasteiger partial charge on any atom is -0.467 e. The van der Waals surface area contributed by atoms with Crippen molar-refractivity contribution in [1.82, 2.24) is 19.7 Å². The normalized spacial score (nSPS) is 11.8. The molecule has 174 valence electrons. The fourth-order valence-electron chi connectivity index (χ4n) is 3.40. The van der Waals surface area contributed by atoms with Crippen LogP contribution in [0.1, 0.15) is 42.8 Å². The number of carbonyl (C=O) groups excluding carboxylic acids is 2. The van der Waals surface area contributed by atoms with Crippen LogP contribution in [0, 0.1) is 0 Å². The van der Waals surface area contributed by atoms with E-state index in [2.05, 4.69) is 20.5 Å². The van der Waals surface area contributed by atoms with Gasteiger partial charge < -0.3 is 9.73 Å². The molecule has 1 amide bonds. The van der Waals surface area contributed by atoms with Gasteiger partial charge >= 0.3 is 0 Å². The van der Waals surface area contributed by atoms with Crippen LogP contribution in [0.25, 0.3) is 11.4 Å². The number of aromatic nitrogens is 4. The molecule has 1 aromatic carbocycles. The first-order chi connectivity index (χ1) is 16.5. The highest BCUT2D eigenvalue weighted by molar-refractivity contribution is 8.00. The third-order valence-electron chi connectivity index (χ3n) is 5.11. The number of ketones is 1. The molecule has 34 heavy (non-hydrogen) atoms. The highest BCUT2D eigenvalue weighted by atomic mass is 32.2. The van der Waals surface area contributed by atoms with Gasteiger partial charge in [0.25, 0.3) is 0 Å². The molecule has 0 bridgehead atoms. The monoisotopic (exact) mass is 475 g/mol. The number of Topliss-reactive ketones (excluding diaryl/α,β-unsaturated/α-hetero) is 1. The van der Waals surface area contributed by atoms with Gasteiger partial charge in [-0.1, -0.05) is 18.7 Å². The summed E-state index contributed by atoms with van der Waals surface area (Å²) in [5, 5.41) is 11.8. The number of thioether (sulfide) groups is 1. The second-order valence-electron chi connectivity index (χ2n) is 7.71. The van der Waals surface area contributed by atoms with Crippen LogP contribution >= 0.6 is 11.8 Å². The van der Waals surface area contributed by atoms with Crippen molar-refractivity contribution < 1.29 is 14.0 Å². The van der Waals surface area contributed by atoms with Crippen molar-refractivity contribution in [3.05, 3.63) is 78.5 Å². The molecule has 4 aromatic rings. The van der Waals surface area contributed by atoms with E-state index in [9.17, 15) is 9.59 Å². The lowest BCUT2D eigenvalue weighted by molar-refractivity contribution is -0.116. The van der Waals surface area contributed by atoms with Gasteiger partial charge in [-0.25, -0.2) is 0 Å². The second-order valence-corrected chi connectivity index (χ2v) is 9.02. The van der Waals surface area contributed by atoms with Crippen molar-refractivity contribution in [2.75, 3.05) is 5.32 Å².